The van der Waals surface area contributed by atoms with Gasteiger partial charge in [0.2, 0.25) is 0 Å². The van der Waals surface area contributed by atoms with Crippen LogP contribution in [0.4, 0.5) is 0 Å². The van der Waals surface area contributed by atoms with E-state index in [4.69, 9.17) is 0 Å². The summed E-state index contributed by atoms with van der Waals surface area (Å²) < 4.78 is 0. The number of carbonyl (C=O) groups excluding carboxylic acids is 1. The van der Waals surface area contributed by atoms with Gasteiger partial charge in [0.1, 0.15) is 5.01 Å². The van der Waals surface area contributed by atoms with E-state index in [1.165, 1.54) is 0 Å². The highest BCUT2D eigenvalue weighted by Gasteiger charge is 2.16. The van der Waals surface area contributed by atoms with Gasteiger partial charge in [-0.15, -0.1) is 11.3 Å². The lowest BCUT2D eigenvalue weighted by Crippen LogP contribution is -2.28. The first-order valence-corrected chi connectivity index (χ1v) is 6.86. The van der Waals surface area contributed by atoms with Gasteiger partial charge in [0.15, 0.2) is 0 Å². The molecule has 1 amide bonds. The lowest BCUT2D eigenvalue weighted by molar-refractivity contribution is 0.0935. The van der Waals surface area contributed by atoms with Crippen LogP contribution >= 0.6 is 11.3 Å². The Hall–Kier alpha value is -1.68. The predicted octanol–water partition coefficient (Wildman–Crippen LogP) is 3.33. The van der Waals surface area contributed by atoms with Crippen molar-refractivity contribution < 1.29 is 4.79 Å². The van der Waals surface area contributed by atoms with Crippen molar-refractivity contribution in [3.05, 3.63) is 52.0 Å². The molecule has 18 heavy (non-hydrogen) atoms. The van der Waals surface area contributed by atoms with E-state index in [-0.39, 0.29) is 11.9 Å². The van der Waals surface area contributed by atoms with Gasteiger partial charge < -0.3 is 5.32 Å². The molecule has 0 radical (unpaired) electrons. The number of nitrogens with one attached hydrogen (secondary N) is 1. The van der Waals surface area contributed by atoms with Crippen LogP contribution in [0.1, 0.15) is 40.4 Å². The molecule has 1 aromatic carbocycles. The van der Waals surface area contributed by atoms with Gasteiger partial charge in [0.05, 0.1) is 6.04 Å². The summed E-state index contributed by atoms with van der Waals surface area (Å²) in [7, 11) is 0. The number of rotatable bonds is 4. The first-order valence-electron chi connectivity index (χ1n) is 5.98. The maximum atomic E-state index is 12.1. The average Bonchev–Trinajstić information content (AvgIpc) is 2.83. The minimum Gasteiger partial charge on any atom is -0.343 e. The van der Waals surface area contributed by atoms with Crippen LogP contribution in [0.2, 0.25) is 0 Å². The van der Waals surface area contributed by atoms with Crippen LogP contribution in [0.3, 0.4) is 0 Å². The van der Waals surface area contributed by atoms with Gasteiger partial charge in [-0.1, -0.05) is 25.1 Å². The molecule has 0 saturated heterocycles. The number of hydrogen-bond acceptors (Lipinski definition) is 3. The summed E-state index contributed by atoms with van der Waals surface area (Å²) in [4.78, 5) is 16.5. The van der Waals surface area contributed by atoms with E-state index in [0.717, 1.165) is 17.1 Å². The Kier molecular flexibility index (Phi) is 4.10. The molecule has 1 unspecified atom stereocenters. The highest BCUT2D eigenvalue weighted by molar-refractivity contribution is 7.09. The van der Waals surface area contributed by atoms with Gasteiger partial charge >= 0.3 is 0 Å². The molecule has 94 valence electrons. The van der Waals surface area contributed by atoms with Crippen molar-refractivity contribution in [2.24, 2.45) is 0 Å². The number of amides is 1. The molecule has 3 nitrogen and oxygen atoms in total. The number of benzene rings is 1. The van der Waals surface area contributed by atoms with Crippen molar-refractivity contribution in [3.63, 3.8) is 0 Å². The molecule has 0 bridgehead atoms. The van der Waals surface area contributed by atoms with Crippen LogP contribution in [0.5, 0.6) is 0 Å². The summed E-state index contributed by atoms with van der Waals surface area (Å²) in [6.07, 6.45) is 0.839. The Morgan fingerprint density at radius 3 is 2.67 bits per heavy atom. The minimum absolute atomic E-state index is 0.00333. The fourth-order valence-electron chi connectivity index (χ4n) is 1.70. The predicted molar refractivity (Wildman–Crippen MR) is 73.8 cm³/mol. The molecular weight excluding hydrogens is 244 g/mol. The molecule has 0 aliphatic rings. The van der Waals surface area contributed by atoms with Crippen molar-refractivity contribution in [1.82, 2.24) is 10.3 Å². The maximum Gasteiger partial charge on any atom is 0.251 e. The minimum atomic E-state index is -0.0460. The number of nitrogens with zero attached hydrogens (tertiary/aromatic N) is 1. The molecule has 2 aromatic rings. The molecule has 1 atom stereocenters. The van der Waals surface area contributed by atoms with E-state index in [2.05, 4.69) is 10.3 Å². The zero-order valence-corrected chi connectivity index (χ0v) is 11.3. The number of thiazole rings is 1. The molecule has 1 heterocycles. The van der Waals surface area contributed by atoms with Crippen LogP contribution in [-0.4, -0.2) is 10.9 Å². The summed E-state index contributed by atoms with van der Waals surface area (Å²) >= 11 is 1.59. The van der Waals surface area contributed by atoms with Crippen molar-refractivity contribution in [2.75, 3.05) is 0 Å². The topological polar surface area (TPSA) is 42.0 Å². The van der Waals surface area contributed by atoms with Crippen LogP contribution in [0.25, 0.3) is 0 Å². The SMILES string of the molecule is CCC(NC(=O)c1ccccc1)c1nc(C)cs1. The molecule has 1 aromatic heterocycles. The second-order valence-electron chi connectivity index (χ2n) is 4.13. The first-order chi connectivity index (χ1) is 8.70. The summed E-state index contributed by atoms with van der Waals surface area (Å²) in [5.74, 6) is -0.0460. The van der Waals surface area contributed by atoms with Crippen LogP contribution in [0, 0.1) is 6.92 Å². The normalized spacial score (nSPS) is 12.1. The molecule has 4 heteroatoms. The summed E-state index contributed by atoms with van der Waals surface area (Å²) in [5, 5.41) is 6.00. The molecule has 0 aliphatic carbocycles. The number of carbonyl (C=O) groups is 1. The molecule has 0 saturated carbocycles. The quantitative estimate of drug-likeness (QED) is 0.916. The van der Waals surface area contributed by atoms with Crippen LogP contribution < -0.4 is 5.32 Å². The summed E-state index contributed by atoms with van der Waals surface area (Å²) in [5.41, 5.74) is 1.69. The Morgan fingerprint density at radius 1 is 1.39 bits per heavy atom. The summed E-state index contributed by atoms with van der Waals surface area (Å²) in [6, 6.07) is 9.26. The molecule has 0 aliphatic heterocycles. The van der Waals surface area contributed by atoms with Gasteiger partial charge in [-0.05, 0) is 25.5 Å². The van der Waals surface area contributed by atoms with Crippen molar-refractivity contribution >= 4 is 17.2 Å². The number of aromatic nitrogens is 1. The van der Waals surface area contributed by atoms with E-state index in [9.17, 15) is 4.79 Å². The Bertz CT molecular complexity index is 522. The first kappa shape index (κ1) is 12.8. The lowest BCUT2D eigenvalue weighted by atomic mass is 10.2. The van der Waals surface area contributed by atoms with Crippen LogP contribution in [0.15, 0.2) is 35.7 Å². The zero-order chi connectivity index (χ0) is 13.0. The van der Waals surface area contributed by atoms with Gasteiger partial charge in [-0.2, -0.15) is 0 Å². The molecular formula is C14H16N2OS. The van der Waals surface area contributed by atoms with Crippen LogP contribution in [-0.2, 0) is 0 Å². The van der Waals surface area contributed by atoms with Crippen molar-refractivity contribution in [3.8, 4) is 0 Å². The highest BCUT2D eigenvalue weighted by atomic mass is 32.1. The number of aryl methyl sites for hydroxylation is 1. The maximum absolute atomic E-state index is 12.1. The lowest BCUT2D eigenvalue weighted by Gasteiger charge is -2.14. The standard InChI is InChI=1S/C14H16N2OS/c1-3-12(14-15-10(2)9-18-14)16-13(17)11-7-5-4-6-8-11/h4-9,12H,3H2,1-2H3,(H,16,17). The Morgan fingerprint density at radius 2 is 2.11 bits per heavy atom. The summed E-state index contributed by atoms with van der Waals surface area (Å²) in [6.45, 7) is 4.01. The zero-order valence-electron chi connectivity index (χ0n) is 10.5. The molecule has 0 fully saturated rings. The molecule has 0 spiro atoms. The average molecular weight is 260 g/mol. The number of hydrogen-bond donors (Lipinski definition) is 1. The Labute approximate surface area is 111 Å². The second-order valence-corrected chi connectivity index (χ2v) is 5.02. The largest absolute Gasteiger partial charge is 0.343 e. The highest BCUT2D eigenvalue weighted by Crippen LogP contribution is 2.21. The Balaban J connectivity index is 2.10. The fraction of sp³-hybridized carbons (Fsp3) is 0.286. The fourth-order valence-corrected chi connectivity index (χ4v) is 2.63. The molecule has 1 N–H and O–H groups in total. The molecule has 2 rings (SSSR count). The monoisotopic (exact) mass is 260 g/mol. The van der Waals surface area contributed by atoms with E-state index in [0.29, 0.717) is 5.56 Å². The smallest absolute Gasteiger partial charge is 0.251 e. The second kappa shape index (κ2) is 5.78. The van der Waals surface area contributed by atoms with E-state index in [1.54, 1.807) is 11.3 Å². The van der Waals surface area contributed by atoms with Gasteiger partial charge in [0, 0.05) is 16.6 Å². The third-order valence-corrected chi connectivity index (χ3v) is 3.76. The van der Waals surface area contributed by atoms with Crippen molar-refractivity contribution in [1.29, 1.82) is 0 Å². The van der Waals surface area contributed by atoms with E-state index < -0.39 is 0 Å². The van der Waals surface area contributed by atoms with E-state index >= 15 is 0 Å². The van der Waals surface area contributed by atoms with Gasteiger partial charge in [-0.25, -0.2) is 4.98 Å². The third-order valence-electron chi connectivity index (χ3n) is 2.68. The van der Waals surface area contributed by atoms with Gasteiger partial charge in [-0.3, -0.25) is 4.79 Å². The van der Waals surface area contributed by atoms with Crippen molar-refractivity contribution in [2.45, 2.75) is 26.3 Å². The third kappa shape index (κ3) is 2.96. The van der Waals surface area contributed by atoms with E-state index in [1.807, 2.05) is 49.6 Å². The van der Waals surface area contributed by atoms with Gasteiger partial charge in [0.25, 0.3) is 5.91 Å².